The summed E-state index contributed by atoms with van der Waals surface area (Å²) < 4.78 is 22.5. The van der Waals surface area contributed by atoms with Gasteiger partial charge in [0, 0.05) is 23.2 Å². The standard InChI is InChI=1S/C24H30O7/c1-13(25)14-9-10-15(28-14)18(26)30-20-23(5,6)21(24(20,7)8)31-19(27)16-11-12-17(29-16)22(2,3)4/h9-12,20-21H,1-8H3. The van der Waals surface area contributed by atoms with Gasteiger partial charge in [0.1, 0.15) is 18.0 Å². The maximum atomic E-state index is 12.7. The molecule has 0 bridgehead atoms. The van der Waals surface area contributed by atoms with Crippen molar-refractivity contribution in [1.29, 1.82) is 0 Å². The molecular weight excluding hydrogens is 400 g/mol. The van der Waals surface area contributed by atoms with Gasteiger partial charge in [-0.05, 0) is 24.3 Å². The molecule has 1 saturated carbocycles. The number of furan rings is 2. The van der Waals surface area contributed by atoms with Crippen molar-refractivity contribution in [2.45, 2.75) is 73.0 Å². The summed E-state index contributed by atoms with van der Waals surface area (Å²) in [4.78, 5) is 36.7. The molecule has 0 unspecified atom stereocenters. The van der Waals surface area contributed by atoms with E-state index in [0.29, 0.717) is 5.76 Å². The van der Waals surface area contributed by atoms with E-state index in [0.717, 1.165) is 0 Å². The van der Waals surface area contributed by atoms with Crippen molar-refractivity contribution in [3.63, 3.8) is 0 Å². The summed E-state index contributed by atoms with van der Waals surface area (Å²) in [6.45, 7) is 14.8. The second-order valence-electron chi connectivity index (χ2n) is 10.3. The fourth-order valence-corrected chi connectivity index (χ4v) is 4.52. The Balaban J connectivity index is 1.71. The number of carbonyl (C=O) groups is 3. The zero-order valence-corrected chi connectivity index (χ0v) is 19.3. The van der Waals surface area contributed by atoms with Gasteiger partial charge in [-0.2, -0.15) is 0 Å². The van der Waals surface area contributed by atoms with Crippen LogP contribution in [0.2, 0.25) is 0 Å². The largest absolute Gasteiger partial charge is 0.455 e. The lowest BCUT2D eigenvalue weighted by Gasteiger charge is -2.61. The summed E-state index contributed by atoms with van der Waals surface area (Å²) in [5.41, 5.74) is -1.49. The van der Waals surface area contributed by atoms with Gasteiger partial charge < -0.3 is 18.3 Å². The minimum Gasteiger partial charge on any atom is -0.455 e. The molecule has 7 nitrogen and oxygen atoms in total. The quantitative estimate of drug-likeness (QED) is 0.476. The van der Waals surface area contributed by atoms with Gasteiger partial charge in [0.2, 0.25) is 11.5 Å². The molecule has 0 atom stereocenters. The summed E-state index contributed by atoms with van der Waals surface area (Å²) >= 11 is 0. The lowest BCUT2D eigenvalue weighted by Crippen LogP contribution is -2.69. The van der Waals surface area contributed by atoms with Gasteiger partial charge >= 0.3 is 11.9 Å². The van der Waals surface area contributed by atoms with E-state index >= 15 is 0 Å². The highest BCUT2D eigenvalue weighted by molar-refractivity contribution is 5.93. The van der Waals surface area contributed by atoms with Crippen molar-refractivity contribution in [1.82, 2.24) is 0 Å². The Kier molecular flexibility index (Phi) is 5.45. The monoisotopic (exact) mass is 430 g/mol. The van der Waals surface area contributed by atoms with Crippen LogP contribution in [0.3, 0.4) is 0 Å². The molecule has 1 fully saturated rings. The van der Waals surface area contributed by atoms with Crippen molar-refractivity contribution in [2.75, 3.05) is 0 Å². The molecule has 2 heterocycles. The smallest absolute Gasteiger partial charge is 0.374 e. The molecule has 0 saturated heterocycles. The molecule has 0 radical (unpaired) electrons. The van der Waals surface area contributed by atoms with Gasteiger partial charge in [-0.3, -0.25) is 4.79 Å². The van der Waals surface area contributed by atoms with Gasteiger partial charge in [0.25, 0.3) is 0 Å². The van der Waals surface area contributed by atoms with Crippen LogP contribution in [0.25, 0.3) is 0 Å². The van der Waals surface area contributed by atoms with Crippen LogP contribution in [-0.4, -0.2) is 29.9 Å². The van der Waals surface area contributed by atoms with Crippen LogP contribution in [-0.2, 0) is 14.9 Å². The SMILES string of the molecule is CC(=O)c1ccc(C(=O)OC2C(C)(C)C(OC(=O)c3ccc(C(C)(C)C)o3)C2(C)C)o1. The van der Waals surface area contributed by atoms with Crippen molar-refractivity contribution in [3.8, 4) is 0 Å². The van der Waals surface area contributed by atoms with E-state index in [1.807, 2.05) is 48.5 Å². The molecular formula is C24H30O7. The third-order valence-electron chi connectivity index (χ3n) is 5.85. The number of hydrogen-bond donors (Lipinski definition) is 0. The summed E-state index contributed by atoms with van der Waals surface area (Å²) in [5.74, 6) is -0.594. The van der Waals surface area contributed by atoms with E-state index in [2.05, 4.69) is 0 Å². The average Bonchev–Trinajstić information content (AvgIpc) is 3.32. The number of hydrogen-bond acceptors (Lipinski definition) is 7. The van der Waals surface area contributed by atoms with Crippen molar-refractivity contribution < 1.29 is 32.7 Å². The molecule has 0 N–H and O–H groups in total. The zero-order valence-electron chi connectivity index (χ0n) is 19.3. The van der Waals surface area contributed by atoms with E-state index in [1.54, 1.807) is 12.1 Å². The second-order valence-corrected chi connectivity index (χ2v) is 10.3. The lowest BCUT2D eigenvalue weighted by molar-refractivity contribution is -0.246. The molecule has 0 amide bonds. The maximum absolute atomic E-state index is 12.7. The van der Waals surface area contributed by atoms with Crippen LogP contribution >= 0.6 is 0 Å². The van der Waals surface area contributed by atoms with Crippen LogP contribution in [0.1, 0.15) is 92.8 Å². The number of carbonyl (C=O) groups excluding carboxylic acids is 3. The summed E-state index contributed by atoms with van der Waals surface area (Å²) in [5, 5.41) is 0. The van der Waals surface area contributed by atoms with Gasteiger partial charge in [0.15, 0.2) is 11.5 Å². The van der Waals surface area contributed by atoms with Crippen LogP contribution in [0.5, 0.6) is 0 Å². The Hall–Kier alpha value is -2.83. The van der Waals surface area contributed by atoms with Crippen LogP contribution in [0, 0.1) is 10.8 Å². The van der Waals surface area contributed by atoms with E-state index in [-0.39, 0.29) is 28.5 Å². The average molecular weight is 430 g/mol. The molecule has 2 aromatic heterocycles. The number of ether oxygens (including phenoxy) is 2. The lowest BCUT2D eigenvalue weighted by atomic mass is 9.51. The predicted octanol–water partition coefficient (Wildman–Crippen LogP) is 5.19. The van der Waals surface area contributed by atoms with E-state index < -0.39 is 35.0 Å². The highest BCUT2D eigenvalue weighted by atomic mass is 16.6. The number of ketones is 1. The molecule has 0 aromatic carbocycles. The fraction of sp³-hybridized carbons (Fsp3) is 0.542. The van der Waals surface area contributed by atoms with Gasteiger partial charge in [-0.15, -0.1) is 0 Å². The minimum atomic E-state index is -0.663. The molecule has 7 heteroatoms. The second kappa shape index (κ2) is 7.39. The Morgan fingerprint density at radius 3 is 1.58 bits per heavy atom. The van der Waals surface area contributed by atoms with Crippen molar-refractivity contribution in [3.05, 3.63) is 47.3 Å². The normalized spacial score (nSPS) is 21.8. The highest BCUT2D eigenvalue weighted by Gasteiger charge is 2.66. The van der Waals surface area contributed by atoms with Crippen LogP contribution in [0.15, 0.2) is 33.1 Å². The molecule has 1 aliphatic carbocycles. The first-order valence-corrected chi connectivity index (χ1v) is 10.3. The van der Waals surface area contributed by atoms with Gasteiger partial charge in [-0.1, -0.05) is 48.5 Å². The maximum Gasteiger partial charge on any atom is 0.374 e. The molecule has 31 heavy (non-hydrogen) atoms. The third-order valence-corrected chi connectivity index (χ3v) is 5.85. The first-order valence-electron chi connectivity index (χ1n) is 10.3. The predicted molar refractivity (Wildman–Crippen MR) is 112 cm³/mol. The van der Waals surface area contributed by atoms with Crippen LogP contribution in [0.4, 0.5) is 0 Å². The first kappa shape index (κ1) is 22.8. The fourth-order valence-electron chi connectivity index (χ4n) is 4.52. The Bertz CT molecular complexity index is 997. The van der Waals surface area contributed by atoms with Gasteiger partial charge in [0.05, 0.1) is 0 Å². The molecule has 2 aromatic rings. The minimum absolute atomic E-state index is 0.0393. The Labute approximate surface area is 182 Å². The molecule has 0 aliphatic heterocycles. The first-order chi connectivity index (χ1) is 14.2. The highest BCUT2D eigenvalue weighted by Crippen LogP contribution is 2.57. The number of Topliss-reactive ketones (excluding diaryl/α,β-unsaturated/α-hetero) is 1. The summed E-state index contributed by atoms with van der Waals surface area (Å²) in [6, 6.07) is 6.24. The molecule has 168 valence electrons. The Morgan fingerprint density at radius 2 is 1.19 bits per heavy atom. The summed E-state index contributed by atoms with van der Waals surface area (Å²) in [6.07, 6.45) is -1.03. The van der Waals surface area contributed by atoms with E-state index in [1.165, 1.54) is 19.1 Å². The van der Waals surface area contributed by atoms with Crippen molar-refractivity contribution >= 4 is 17.7 Å². The summed E-state index contributed by atoms with van der Waals surface area (Å²) in [7, 11) is 0. The number of esters is 2. The Morgan fingerprint density at radius 1 is 0.774 bits per heavy atom. The van der Waals surface area contributed by atoms with E-state index in [9.17, 15) is 14.4 Å². The molecule has 1 aliphatic rings. The zero-order chi connectivity index (χ0) is 23.4. The molecule has 3 rings (SSSR count). The number of rotatable bonds is 5. The van der Waals surface area contributed by atoms with Crippen LogP contribution < -0.4 is 0 Å². The van der Waals surface area contributed by atoms with Gasteiger partial charge in [-0.25, -0.2) is 9.59 Å². The molecule has 0 spiro atoms. The van der Waals surface area contributed by atoms with E-state index in [4.69, 9.17) is 18.3 Å². The topological polar surface area (TPSA) is 96.0 Å². The van der Waals surface area contributed by atoms with Crippen molar-refractivity contribution in [2.24, 2.45) is 10.8 Å². The third kappa shape index (κ3) is 4.05.